The second kappa shape index (κ2) is 6.91. The van der Waals surface area contributed by atoms with E-state index >= 15 is 0 Å². The summed E-state index contributed by atoms with van der Waals surface area (Å²) in [4.78, 5) is 21.6. The van der Waals surface area contributed by atoms with Gasteiger partial charge in [0.25, 0.3) is 0 Å². The number of nitrogens with zero attached hydrogens (tertiary/aromatic N) is 1. The standard InChI is InChI=1S/C12H12N2O4/c13-7-8-18-10-3-1-9(2-4-10)14-11(15)5-6-12(16)17/h1-4H,5-6,8H2,(H,14,15)(H,16,17). The van der Waals surface area contributed by atoms with E-state index in [1.165, 1.54) is 0 Å². The summed E-state index contributed by atoms with van der Waals surface area (Å²) in [7, 11) is 0. The third-order valence-electron chi connectivity index (χ3n) is 2.01. The van der Waals surface area contributed by atoms with E-state index in [9.17, 15) is 9.59 Å². The molecule has 2 N–H and O–H groups in total. The maximum Gasteiger partial charge on any atom is 0.303 e. The molecule has 94 valence electrons. The fourth-order valence-electron chi connectivity index (χ4n) is 1.19. The fraction of sp³-hybridized carbons (Fsp3) is 0.250. The van der Waals surface area contributed by atoms with Crippen molar-refractivity contribution in [2.24, 2.45) is 0 Å². The first-order chi connectivity index (χ1) is 8.61. The zero-order valence-electron chi connectivity index (χ0n) is 9.55. The minimum absolute atomic E-state index is 0.0374. The summed E-state index contributed by atoms with van der Waals surface area (Å²) in [5, 5.41) is 19.3. The van der Waals surface area contributed by atoms with E-state index in [-0.39, 0.29) is 25.4 Å². The number of nitrogens with one attached hydrogen (secondary N) is 1. The molecular formula is C12H12N2O4. The number of rotatable bonds is 6. The van der Waals surface area contributed by atoms with Gasteiger partial charge in [-0.25, -0.2) is 0 Å². The first-order valence-corrected chi connectivity index (χ1v) is 5.23. The Kier molecular flexibility index (Phi) is 5.19. The Bertz CT molecular complexity index is 462. The summed E-state index contributed by atoms with van der Waals surface area (Å²) in [5.41, 5.74) is 0.551. The van der Waals surface area contributed by atoms with Crippen molar-refractivity contribution >= 4 is 17.6 Å². The van der Waals surface area contributed by atoms with Gasteiger partial charge in [-0.05, 0) is 24.3 Å². The number of carbonyl (C=O) groups is 2. The molecule has 0 radical (unpaired) electrons. The minimum atomic E-state index is -1.01. The number of anilines is 1. The van der Waals surface area contributed by atoms with Gasteiger partial charge < -0.3 is 15.2 Å². The van der Waals surface area contributed by atoms with Gasteiger partial charge in [0.15, 0.2) is 6.61 Å². The Hall–Kier alpha value is -2.55. The second-order valence-corrected chi connectivity index (χ2v) is 3.41. The molecule has 0 bridgehead atoms. The maximum atomic E-state index is 11.3. The molecule has 0 aromatic heterocycles. The van der Waals surface area contributed by atoms with Crippen LogP contribution in [0.2, 0.25) is 0 Å². The summed E-state index contributed by atoms with van der Waals surface area (Å²) in [6.45, 7) is -0.0374. The normalized spacial score (nSPS) is 9.28. The average Bonchev–Trinajstić information content (AvgIpc) is 2.35. The number of carboxylic acid groups (broad SMARTS) is 1. The first-order valence-electron chi connectivity index (χ1n) is 5.23. The van der Waals surface area contributed by atoms with Crippen LogP contribution in [0.5, 0.6) is 5.75 Å². The van der Waals surface area contributed by atoms with Crippen molar-refractivity contribution in [3.05, 3.63) is 24.3 Å². The lowest BCUT2D eigenvalue weighted by molar-refractivity contribution is -0.138. The summed E-state index contributed by atoms with van der Waals surface area (Å²) >= 11 is 0. The van der Waals surface area contributed by atoms with Crippen molar-refractivity contribution in [3.63, 3.8) is 0 Å². The molecule has 0 saturated heterocycles. The molecule has 0 aliphatic carbocycles. The van der Waals surface area contributed by atoms with E-state index in [2.05, 4.69) is 5.32 Å². The van der Waals surface area contributed by atoms with Gasteiger partial charge in [0.05, 0.1) is 6.42 Å². The topological polar surface area (TPSA) is 99.4 Å². The van der Waals surface area contributed by atoms with Gasteiger partial charge in [-0.3, -0.25) is 9.59 Å². The van der Waals surface area contributed by atoms with Crippen molar-refractivity contribution in [1.29, 1.82) is 5.26 Å². The number of amides is 1. The number of ether oxygens (including phenoxy) is 1. The van der Waals surface area contributed by atoms with Crippen molar-refractivity contribution in [3.8, 4) is 11.8 Å². The highest BCUT2D eigenvalue weighted by molar-refractivity contribution is 5.92. The predicted octanol–water partition coefficient (Wildman–Crippen LogP) is 1.39. The van der Waals surface area contributed by atoms with Crippen LogP contribution in [0, 0.1) is 11.3 Å². The van der Waals surface area contributed by atoms with Gasteiger partial charge >= 0.3 is 5.97 Å². The van der Waals surface area contributed by atoms with Crippen LogP contribution in [0.25, 0.3) is 0 Å². The lowest BCUT2D eigenvalue weighted by atomic mass is 10.2. The largest absolute Gasteiger partial charge is 0.481 e. The molecule has 0 saturated carbocycles. The molecule has 18 heavy (non-hydrogen) atoms. The fourth-order valence-corrected chi connectivity index (χ4v) is 1.19. The Morgan fingerprint density at radius 2 is 1.94 bits per heavy atom. The maximum absolute atomic E-state index is 11.3. The number of hydrogen-bond donors (Lipinski definition) is 2. The third-order valence-corrected chi connectivity index (χ3v) is 2.01. The van der Waals surface area contributed by atoms with E-state index in [1.54, 1.807) is 24.3 Å². The van der Waals surface area contributed by atoms with E-state index in [0.29, 0.717) is 11.4 Å². The Morgan fingerprint density at radius 3 is 2.50 bits per heavy atom. The second-order valence-electron chi connectivity index (χ2n) is 3.41. The Balaban J connectivity index is 2.45. The van der Waals surface area contributed by atoms with E-state index in [4.69, 9.17) is 15.1 Å². The number of carboxylic acids is 1. The van der Waals surface area contributed by atoms with Crippen LogP contribution in [-0.4, -0.2) is 23.6 Å². The van der Waals surface area contributed by atoms with E-state index in [0.717, 1.165) is 0 Å². The quantitative estimate of drug-likeness (QED) is 0.792. The van der Waals surface area contributed by atoms with Gasteiger partial charge in [-0.15, -0.1) is 0 Å². The van der Waals surface area contributed by atoms with Gasteiger partial charge in [0.2, 0.25) is 5.91 Å². The number of carbonyl (C=O) groups excluding carboxylic acids is 1. The van der Waals surface area contributed by atoms with Crippen LogP contribution in [0.1, 0.15) is 12.8 Å². The smallest absolute Gasteiger partial charge is 0.303 e. The molecule has 0 unspecified atom stereocenters. The SMILES string of the molecule is N#CCOc1ccc(NC(=O)CCC(=O)O)cc1. The highest BCUT2D eigenvalue weighted by Crippen LogP contribution is 2.15. The summed E-state index contributed by atoms with van der Waals surface area (Å²) in [6.07, 6.45) is -0.267. The highest BCUT2D eigenvalue weighted by atomic mass is 16.5. The Morgan fingerprint density at radius 1 is 1.28 bits per heavy atom. The van der Waals surface area contributed by atoms with Crippen molar-refractivity contribution in [2.45, 2.75) is 12.8 Å². The van der Waals surface area contributed by atoms with Gasteiger partial charge in [0.1, 0.15) is 11.8 Å². The molecule has 1 amide bonds. The molecule has 0 fully saturated rings. The third kappa shape index (κ3) is 4.99. The number of nitriles is 1. The van der Waals surface area contributed by atoms with Crippen LogP contribution in [0.4, 0.5) is 5.69 Å². The zero-order valence-corrected chi connectivity index (χ0v) is 9.55. The molecule has 0 atom stereocenters. The lowest BCUT2D eigenvalue weighted by Gasteiger charge is -2.05. The van der Waals surface area contributed by atoms with Crippen molar-refractivity contribution in [2.75, 3.05) is 11.9 Å². The lowest BCUT2D eigenvalue weighted by Crippen LogP contribution is -2.13. The number of hydrogen-bond acceptors (Lipinski definition) is 4. The molecule has 0 heterocycles. The van der Waals surface area contributed by atoms with Gasteiger partial charge in [0, 0.05) is 12.1 Å². The van der Waals surface area contributed by atoms with Crippen LogP contribution in [0.15, 0.2) is 24.3 Å². The molecular weight excluding hydrogens is 236 g/mol. The van der Waals surface area contributed by atoms with Crippen LogP contribution < -0.4 is 10.1 Å². The zero-order chi connectivity index (χ0) is 13.4. The van der Waals surface area contributed by atoms with Crippen LogP contribution in [-0.2, 0) is 9.59 Å². The summed E-state index contributed by atoms with van der Waals surface area (Å²) < 4.78 is 5.04. The van der Waals surface area contributed by atoms with Crippen molar-refractivity contribution < 1.29 is 19.4 Å². The van der Waals surface area contributed by atoms with Gasteiger partial charge in [-0.1, -0.05) is 0 Å². The summed E-state index contributed by atoms with van der Waals surface area (Å²) in [6, 6.07) is 8.31. The molecule has 0 aliphatic heterocycles. The minimum Gasteiger partial charge on any atom is -0.481 e. The molecule has 0 aliphatic rings. The van der Waals surface area contributed by atoms with E-state index < -0.39 is 5.97 Å². The molecule has 0 spiro atoms. The molecule has 1 aromatic carbocycles. The first kappa shape index (κ1) is 13.5. The van der Waals surface area contributed by atoms with Crippen LogP contribution >= 0.6 is 0 Å². The molecule has 1 rings (SSSR count). The van der Waals surface area contributed by atoms with E-state index in [1.807, 2.05) is 6.07 Å². The number of benzene rings is 1. The Labute approximate surface area is 104 Å². The predicted molar refractivity (Wildman–Crippen MR) is 63.0 cm³/mol. The summed E-state index contributed by atoms with van der Waals surface area (Å²) in [5.74, 6) is -0.839. The highest BCUT2D eigenvalue weighted by Gasteiger charge is 2.05. The molecule has 1 aromatic rings. The monoisotopic (exact) mass is 248 g/mol. The van der Waals surface area contributed by atoms with Crippen molar-refractivity contribution in [1.82, 2.24) is 0 Å². The molecule has 6 nitrogen and oxygen atoms in total. The average molecular weight is 248 g/mol. The van der Waals surface area contributed by atoms with Crippen LogP contribution in [0.3, 0.4) is 0 Å². The van der Waals surface area contributed by atoms with Gasteiger partial charge in [-0.2, -0.15) is 5.26 Å². The number of aliphatic carboxylic acids is 1. The molecule has 6 heteroatoms.